The molecule has 0 radical (unpaired) electrons. The molecule has 0 aliphatic rings. The fourth-order valence-electron chi connectivity index (χ4n) is 3.24. The second kappa shape index (κ2) is 9.48. The highest BCUT2D eigenvalue weighted by Gasteiger charge is 2.31. The highest BCUT2D eigenvalue weighted by molar-refractivity contribution is 7.14. The zero-order chi connectivity index (χ0) is 24.3. The molecule has 34 heavy (non-hydrogen) atoms. The van der Waals surface area contributed by atoms with Crippen LogP contribution in [-0.2, 0) is 15.8 Å². The van der Waals surface area contributed by atoms with Crippen LogP contribution < -0.4 is 9.64 Å². The summed E-state index contributed by atoms with van der Waals surface area (Å²) < 4.78 is 44.6. The summed E-state index contributed by atoms with van der Waals surface area (Å²) in [5, 5.41) is 3.71. The second-order valence-electron chi connectivity index (χ2n) is 7.22. The number of aromatic nitrogens is 1. The number of carbonyl (C=O) groups is 2. The molecule has 1 amide bonds. The zero-order valence-electron chi connectivity index (χ0n) is 17.7. The van der Waals surface area contributed by atoms with Gasteiger partial charge in [0.1, 0.15) is 5.75 Å². The van der Waals surface area contributed by atoms with Crippen molar-refractivity contribution < 1.29 is 27.5 Å². The Kier molecular flexibility index (Phi) is 6.47. The molecule has 4 rings (SSSR count). The molecule has 0 aliphatic carbocycles. The molecule has 172 valence electrons. The number of fused-ring (bicyclic) bond motifs is 1. The van der Waals surface area contributed by atoms with Crippen LogP contribution in [-0.4, -0.2) is 16.9 Å². The van der Waals surface area contributed by atoms with E-state index in [2.05, 4.69) is 4.98 Å². The second-order valence-corrected chi connectivity index (χ2v) is 8.06. The van der Waals surface area contributed by atoms with Crippen LogP contribution in [0.5, 0.6) is 5.75 Å². The summed E-state index contributed by atoms with van der Waals surface area (Å²) in [6.45, 7) is 1.23. The number of anilines is 2. The summed E-state index contributed by atoms with van der Waals surface area (Å²) in [6.07, 6.45) is -1.94. The molecule has 0 fully saturated rings. The van der Waals surface area contributed by atoms with Crippen LogP contribution in [0.3, 0.4) is 0 Å². The van der Waals surface area contributed by atoms with E-state index in [4.69, 9.17) is 4.74 Å². The Morgan fingerprint density at radius 3 is 2.50 bits per heavy atom. The van der Waals surface area contributed by atoms with E-state index in [0.29, 0.717) is 11.4 Å². The Bertz CT molecular complexity index is 1400. The SMILES string of the molecule is CC(=O)N(c1cccc(C(F)(F)F)c1)c1nc(/C=C/C(=O)Oc2ccc3ccccc3c2)cs1. The Morgan fingerprint density at radius 1 is 1.00 bits per heavy atom. The average Bonchev–Trinajstić information content (AvgIpc) is 3.25. The van der Waals surface area contributed by atoms with Crippen LogP contribution in [0.1, 0.15) is 18.2 Å². The molecule has 1 heterocycles. The number of thiazole rings is 1. The molecular formula is C25H17F3N2O3S. The first kappa shape index (κ1) is 23.2. The molecule has 0 bridgehead atoms. The number of hydrogen-bond acceptors (Lipinski definition) is 5. The van der Waals surface area contributed by atoms with Gasteiger partial charge in [0.25, 0.3) is 0 Å². The number of esters is 1. The van der Waals surface area contributed by atoms with Crippen molar-refractivity contribution in [2.75, 3.05) is 4.90 Å². The van der Waals surface area contributed by atoms with Gasteiger partial charge in [0.05, 0.1) is 16.9 Å². The summed E-state index contributed by atoms with van der Waals surface area (Å²) >= 11 is 1.06. The molecule has 0 N–H and O–H groups in total. The molecule has 9 heteroatoms. The molecule has 5 nitrogen and oxygen atoms in total. The lowest BCUT2D eigenvalue weighted by Gasteiger charge is -2.19. The smallest absolute Gasteiger partial charge is 0.416 e. The van der Waals surface area contributed by atoms with E-state index < -0.39 is 23.6 Å². The Hall–Kier alpha value is -3.98. The third kappa shape index (κ3) is 5.32. The maximum atomic E-state index is 13.1. The van der Waals surface area contributed by atoms with Crippen LogP contribution in [0.15, 0.2) is 78.2 Å². The molecular weight excluding hydrogens is 465 g/mol. The summed E-state index contributed by atoms with van der Waals surface area (Å²) in [5.74, 6) is -0.731. The number of benzene rings is 3. The molecule has 1 aromatic heterocycles. The van der Waals surface area contributed by atoms with Gasteiger partial charge < -0.3 is 4.74 Å². The first-order valence-electron chi connectivity index (χ1n) is 10.0. The monoisotopic (exact) mass is 482 g/mol. The van der Waals surface area contributed by atoms with Gasteiger partial charge in [0.15, 0.2) is 5.13 Å². The van der Waals surface area contributed by atoms with E-state index in [9.17, 15) is 22.8 Å². The summed E-state index contributed by atoms with van der Waals surface area (Å²) in [5.41, 5.74) is -0.471. The van der Waals surface area contributed by atoms with Crippen LogP contribution >= 0.6 is 11.3 Å². The number of carbonyl (C=O) groups excluding carboxylic acids is 2. The molecule has 0 saturated carbocycles. The minimum absolute atomic E-state index is 0.0444. The molecule has 4 aromatic rings. The minimum Gasteiger partial charge on any atom is -0.423 e. The van der Waals surface area contributed by atoms with E-state index in [1.807, 2.05) is 30.3 Å². The van der Waals surface area contributed by atoms with Gasteiger partial charge in [0.2, 0.25) is 5.91 Å². The highest BCUT2D eigenvalue weighted by atomic mass is 32.1. The van der Waals surface area contributed by atoms with Crippen LogP contribution in [0.25, 0.3) is 16.8 Å². The third-order valence-corrected chi connectivity index (χ3v) is 5.62. The van der Waals surface area contributed by atoms with Crippen LogP contribution in [0.4, 0.5) is 24.0 Å². The third-order valence-electron chi connectivity index (χ3n) is 4.78. The first-order valence-corrected chi connectivity index (χ1v) is 10.9. The Labute approximate surface area is 196 Å². The van der Waals surface area contributed by atoms with Crippen LogP contribution in [0.2, 0.25) is 0 Å². The molecule has 0 aliphatic heterocycles. The van der Waals surface area contributed by atoms with Crippen molar-refractivity contribution in [2.24, 2.45) is 0 Å². The zero-order valence-corrected chi connectivity index (χ0v) is 18.6. The van der Waals surface area contributed by atoms with Crippen LogP contribution in [0, 0.1) is 0 Å². The Morgan fingerprint density at radius 2 is 1.76 bits per heavy atom. The lowest BCUT2D eigenvalue weighted by atomic mass is 10.1. The van der Waals surface area contributed by atoms with Crippen molar-refractivity contribution in [1.29, 1.82) is 0 Å². The lowest BCUT2D eigenvalue weighted by molar-refractivity contribution is -0.137. The molecule has 0 unspecified atom stereocenters. The summed E-state index contributed by atoms with van der Waals surface area (Å²) in [6, 6.07) is 17.4. The number of alkyl halides is 3. The van der Waals surface area contributed by atoms with E-state index >= 15 is 0 Å². The van der Waals surface area contributed by atoms with E-state index in [0.717, 1.165) is 39.1 Å². The van der Waals surface area contributed by atoms with E-state index in [-0.39, 0.29) is 10.8 Å². The molecule has 0 saturated heterocycles. The van der Waals surface area contributed by atoms with Crippen molar-refractivity contribution in [3.63, 3.8) is 0 Å². The number of halogens is 3. The molecule has 3 aromatic carbocycles. The van der Waals surface area contributed by atoms with Crippen molar-refractivity contribution in [3.05, 3.63) is 89.4 Å². The fourth-order valence-corrected chi connectivity index (χ4v) is 4.09. The molecule has 0 atom stereocenters. The maximum absolute atomic E-state index is 13.1. The average molecular weight is 482 g/mol. The fraction of sp³-hybridized carbons (Fsp3) is 0.0800. The van der Waals surface area contributed by atoms with Crippen molar-refractivity contribution in [1.82, 2.24) is 4.98 Å². The van der Waals surface area contributed by atoms with Gasteiger partial charge in [-0.25, -0.2) is 9.78 Å². The number of nitrogens with zero attached hydrogens (tertiary/aromatic N) is 2. The minimum atomic E-state index is -4.54. The predicted octanol–water partition coefficient (Wildman–Crippen LogP) is 6.62. The largest absolute Gasteiger partial charge is 0.423 e. The van der Waals surface area contributed by atoms with Gasteiger partial charge >= 0.3 is 12.1 Å². The number of rotatable bonds is 5. The normalized spacial score (nSPS) is 11.6. The van der Waals surface area contributed by atoms with Gasteiger partial charge in [-0.2, -0.15) is 13.2 Å². The summed E-state index contributed by atoms with van der Waals surface area (Å²) in [4.78, 5) is 29.8. The molecule has 0 spiro atoms. The highest BCUT2D eigenvalue weighted by Crippen LogP contribution is 2.35. The summed E-state index contributed by atoms with van der Waals surface area (Å²) in [7, 11) is 0. The topological polar surface area (TPSA) is 59.5 Å². The number of hydrogen-bond donors (Lipinski definition) is 0. The van der Waals surface area contributed by atoms with Crippen molar-refractivity contribution >= 4 is 50.9 Å². The lowest BCUT2D eigenvalue weighted by Crippen LogP contribution is -2.23. The maximum Gasteiger partial charge on any atom is 0.416 e. The number of amides is 1. The standard InChI is InChI=1S/C25H17F3N2O3S/c1-16(31)30(21-8-4-7-19(14-21)25(26,27)28)24-29-20(15-34-24)10-12-23(32)33-22-11-9-17-5-2-3-6-18(17)13-22/h2-15H,1H3/b12-10+. The Balaban J connectivity index is 1.50. The van der Waals surface area contributed by atoms with Gasteiger partial charge in [-0.3, -0.25) is 9.69 Å². The van der Waals surface area contributed by atoms with E-state index in [1.165, 1.54) is 31.2 Å². The predicted molar refractivity (Wildman–Crippen MR) is 125 cm³/mol. The van der Waals surface area contributed by atoms with E-state index in [1.54, 1.807) is 17.5 Å². The van der Waals surface area contributed by atoms with Crippen molar-refractivity contribution in [2.45, 2.75) is 13.1 Å². The van der Waals surface area contributed by atoms with Gasteiger partial charge in [-0.1, -0.05) is 36.4 Å². The van der Waals surface area contributed by atoms with Crippen molar-refractivity contribution in [3.8, 4) is 5.75 Å². The first-order chi connectivity index (χ1) is 16.2. The number of ether oxygens (including phenoxy) is 1. The quantitative estimate of drug-likeness (QED) is 0.182. The van der Waals surface area contributed by atoms with Gasteiger partial charge in [0, 0.05) is 18.4 Å². The van der Waals surface area contributed by atoms with Gasteiger partial charge in [-0.15, -0.1) is 11.3 Å². The van der Waals surface area contributed by atoms with Gasteiger partial charge in [-0.05, 0) is 47.2 Å².